The molecule has 1 aromatic carbocycles. The number of aromatic nitrogens is 3. The topological polar surface area (TPSA) is 77.8 Å². The van der Waals surface area contributed by atoms with Gasteiger partial charge < -0.3 is 10.3 Å². The number of hydrogen-bond acceptors (Lipinski definition) is 5. The van der Waals surface area contributed by atoms with Crippen molar-refractivity contribution in [3.05, 3.63) is 60.0 Å². The highest BCUT2D eigenvalue weighted by atomic mass is 16.5. The van der Waals surface area contributed by atoms with Gasteiger partial charge in [-0.1, -0.05) is 35.5 Å². The third kappa shape index (κ3) is 2.50. The summed E-state index contributed by atoms with van der Waals surface area (Å²) in [6.07, 6.45) is 1.57. The Hall–Kier alpha value is -2.69. The summed E-state index contributed by atoms with van der Waals surface area (Å²) in [6, 6.07) is 13.6. The van der Waals surface area contributed by atoms with Gasteiger partial charge in [-0.15, -0.1) is 0 Å². The molecule has 2 aromatic heterocycles. The number of pyridine rings is 1. The maximum atomic E-state index is 5.63. The van der Waals surface area contributed by atoms with Crippen LogP contribution in [-0.4, -0.2) is 15.1 Å². The molecule has 2 heterocycles. The summed E-state index contributed by atoms with van der Waals surface area (Å²) in [6.45, 7) is 4.13. The minimum atomic E-state index is -0.336. The van der Waals surface area contributed by atoms with Crippen LogP contribution >= 0.6 is 0 Å². The smallest absolute Gasteiger partial charge is 0.276 e. The van der Waals surface area contributed by atoms with Gasteiger partial charge in [-0.3, -0.25) is 0 Å². The largest absolute Gasteiger partial charge is 0.397 e. The van der Waals surface area contributed by atoms with Crippen molar-refractivity contribution in [1.82, 2.24) is 15.1 Å². The molecule has 0 spiro atoms. The lowest BCUT2D eigenvalue weighted by molar-refractivity contribution is 0.407. The Balaban J connectivity index is 1.96. The predicted octanol–water partition coefficient (Wildman–Crippen LogP) is 3.04. The molecule has 3 aromatic rings. The molecule has 0 bridgehead atoms. The second-order valence-electron chi connectivity index (χ2n) is 5.39. The minimum absolute atomic E-state index is 0.336. The standard InChI is InChI=1S/C16H16N4O/c1-16(2,11-6-4-3-5-7-11)15-19-14(21-20-15)13-9-8-12(17)10-18-13/h3-10H,17H2,1-2H3. The van der Waals surface area contributed by atoms with Gasteiger partial charge in [0.15, 0.2) is 5.82 Å². The number of nitrogen functional groups attached to an aromatic ring is 1. The van der Waals surface area contributed by atoms with E-state index in [2.05, 4.69) is 41.1 Å². The van der Waals surface area contributed by atoms with Gasteiger partial charge in [0, 0.05) is 0 Å². The number of hydrogen-bond donors (Lipinski definition) is 1. The zero-order chi connectivity index (χ0) is 14.9. The van der Waals surface area contributed by atoms with Crippen LogP contribution in [0.5, 0.6) is 0 Å². The van der Waals surface area contributed by atoms with Gasteiger partial charge >= 0.3 is 0 Å². The van der Waals surface area contributed by atoms with Crippen LogP contribution in [0.1, 0.15) is 25.2 Å². The number of nitrogens with two attached hydrogens (primary N) is 1. The molecule has 0 aliphatic carbocycles. The average Bonchev–Trinajstić information content (AvgIpc) is 2.99. The molecule has 0 amide bonds. The fourth-order valence-electron chi connectivity index (χ4n) is 2.10. The number of rotatable bonds is 3. The molecule has 0 radical (unpaired) electrons. The van der Waals surface area contributed by atoms with E-state index in [1.807, 2.05) is 18.2 Å². The molecule has 5 heteroatoms. The molecular formula is C16H16N4O. The molecule has 0 aliphatic heterocycles. The van der Waals surface area contributed by atoms with Crippen molar-refractivity contribution in [1.29, 1.82) is 0 Å². The molecule has 106 valence electrons. The van der Waals surface area contributed by atoms with E-state index in [4.69, 9.17) is 10.3 Å². The van der Waals surface area contributed by atoms with E-state index in [9.17, 15) is 0 Å². The highest BCUT2D eigenvalue weighted by Gasteiger charge is 2.29. The van der Waals surface area contributed by atoms with E-state index in [-0.39, 0.29) is 5.41 Å². The molecule has 0 fully saturated rings. The highest BCUT2D eigenvalue weighted by Crippen LogP contribution is 2.30. The van der Waals surface area contributed by atoms with Crippen molar-refractivity contribution in [2.24, 2.45) is 0 Å². The van der Waals surface area contributed by atoms with E-state index in [1.54, 1.807) is 18.3 Å². The van der Waals surface area contributed by atoms with Crippen LogP contribution in [0.4, 0.5) is 5.69 Å². The van der Waals surface area contributed by atoms with Crippen LogP contribution < -0.4 is 5.73 Å². The van der Waals surface area contributed by atoms with E-state index in [0.29, 0.717) is 23.1 Å². The fraction of sp³-hybridized carbons (Fsp3) is 0.188. The first kappa shape index (κ1) is 13.3. The Morgan fingerprint density at radius 1 is 1.05 bits per heavy atom. The molecule has 0 aliphatic rings. The lowest BCUT2D eigenvalue weighted by Crippen LogP contribution is -2.20. The normalized spacial score (nSPS) is 11.5. The van der Waals surface area contributed by atoms with Gasteiger partial charge in [-0.2, -0.15) is 4.98 Å². The number of anilines is 1. The van der Waals surface area contributed by atoms with Crippen LogP contribution in [-0.2, 0) is 5.41 Å². The lowest BCUT2D eigenvalue weighted by Gasteiger charge is -2.20. The second kappa shape index (κ2) is 5.01. The van der Waals surface area contributed by atoms with E-state index in [0.717, 1.165) is 5.56 Å². The van der Waals surface area contributed by atoms with Gasteiger partial charge in [-0.25, -0.2) is 4.98 Å². The van der Waals surface area contributed by atoms with E-state index >= 15 is 0 Å². The maximum Gasteiger partial charge on any atom is 0.276 e. The molecule has 5 nitrogen and oxygen atoms in total. The van der Waals surface area contributed by atoms with Crippen LogP contribution in [0, 0.1) is 0 Å². The highest BCUT2D eigenvalue weighted by molar-refractivity contribution is 5.50. The van der Waals surface area contributed by atoms with Crippen molar-refractivity contribution in [2.45, 2.75) is 19.3 Å². The molecule has 0 atom stereocenters. The summed E-state index contributed by atoms with van der Waals surface area (Å²) in [5, 5.41) is 4.11. The Morgan fingerprint density at radius 3 is 2.48 bits per heavy atom. The Bertz CT molecular complexity index is 732. The molecule has 3 rings (SSSR count). The van der Waals surface area contributed by atoms with Crippen molar-refractivity contribution < 1.29 is 4.52 Å². The Morgan fingerprint density at radius 2 is 1.81 bits per heavy atom. The molecule has 0 unspecified atom stereocenters. The summed E-state index contributed by atoms with van der Waals surface area (Å²) in [5.41, 5.74) is 7.63. The zero-order valence-electron chi connectivity index (χ0n) is 11.9. The lowest BCUT2D eigenvalue weighted by atomic mass is 9.84. The molecule has 0 saturated heterocycles. The van der Waals surface area contributed by atoms with Crippen molar-refractivity contribution >= 4 is 5.69 Å². The molecular weight excluding hydrogens is 264 g/mol. The number of nitrogens with zero attached hydrogens (tertiary/aromatic N) is 3. The first-order valence-electron chi connectivity index (χ1n) is 6.69. The van der Waals surface area contributed by atoms with Crippen LogP contribution in [0.2, 0.25) is 0 Å². The minimum Gasteiger partial charge on any atom is -0.397 e. The SMILES string of the molecule is CC(C)(c1ccccc1)c1noc(-c2ccc(N)cn2)n1. The summed E-state index contributed by atoms with van der Waals surface area (Å²) in [5.74, 6) is 1.02. The van der Waals surface area contributed by atoms with Gasteiger partial charge in [0.25, 0.3) is 5.89 Å². The van der Waals surface area contributed by atoms with Crippen LogP contribution in [0.3, 0.4) is 0 Å². The first-order chi connectivity index (χ1) is 10.1. The van der Waals surface area contributed by atoms with Crippen LogP contribution in [0.15, 0.2) is 53.2 Å². The number of benzene rings is 1. The van der Waals surface area contributed by atoms with Gasteiger partial charge in [-0.05, 0) is 31.5 Å². The second-order valence-corrected chi connectivity index (χ2v) is 5.39. The summed E-state index contributed by atoms with van der Waals surface area (Å²) >= 11 is 0. The third-order valence-electron chi connectivity index (χ3n) is 3.49. The summed E-state index contributed by atoms with van der Waals surface area (Å²) in [4.78, 5) is 8.67. The van der Waals surface area contributed by atoms with Crippen molar-refractivity contribution in [2.75, 3.05) is 5.73 Å². The molecule has 21 heavy (non-hydrogen) atoms. The van der Waals surface area contributed by atoms with Gasteiger partial charge in [0.1, 0.15) is 5.69 Å². The van der Waals surface area contributed by atoms with E-state index < -0.39 is 0 Å². The van der Waals surface area contributed by atoms with Crippen LogP contribution in [0.25, 0.3) is 11.6 Å². The molecule has 2 N–H and O–H groups in total. The van der Waals surface area contributed by atoms with Gasteiger partial charge in [0.05, 0.1) is 17.3 Å². The maximum absolute atomic E-state index is 5.63. The third-order valence-corrected chi connectivity index (χ3v) is 3.49. The first-order valence-corrected chi connectivity index (χ1v) is 6.69. The van der Waals surface area contributed by atoms with E-state index in [1.165, 1.54) is 0 Å². The molecule has 0 saturated carbocycles. The quantitative estimate of drug-likeness (QED) is 0.797. The monoisotopic (exact) mass is 280 g/mol. The summed E-state index contributed by atoms with van der Waals surface area (Å²) < 4.78 is 5.33. The Kier molecular flexibility index (Phi) is 3.17. The Labute approximate surface area is 122 Å². The van der Waals surface area contributed by atoms with Crippen molar-refractivity contribution in [3.63, 3.8) is 0 Å². The summed E-state index contributed by atoms with van der Waals surface area (Å²) in [7, 11) is 0. The average molecular weight is 280 g/mol. The predicted molar refractivity (Wildman–Crippen MR) is 80.5 cm³/mol. The fourth-order valence-corrected chi connectivity index (χ4v) is 2.10. The zero-order valence-corrected chi connectivity index (χ0v) is 11.9. The van der Waals surface area contributed by atoms with Gasteiger partial charge in [0.2, 0.25) is 0 Å². The van der Waals surface area contributed by atoms with Crippen molar-refractivity contribution in [3.8, 4) is 11.6 Å².